The van der Waals surface area contributed by atoms with Gasteiger partial charge in [0.15, 0.2) is 0 Å². The van der Waals surface area contributed by atoms with E-state index in [4.69, 9.17) is 0 Å². The van der Waals surface area contributed by atoms with E-state index in [1.807, 2.05) is 0 Å². The minimum atomic E-state index is -0.413. The van der Waals surface area contributed by atoms with E-state index in [2.05, 4.69) is 24.1 Å². The van der Waals surface area contributed by atoms with E-state index < -0.39 is 6.10 Å². The molecule has 5 heteroatoms. The fraction of sp³-hybridized carbons (Fsp3) is 0.714. The van der Waals surface area contributed by atoms with Crippen molar-refractivity contribution in [2.45, 2.75) is 51.6 Å². The molecule has 1 amide bonds. The Bertz CT molecular complexity index is 425. The maximum Gasteiger partial charge on any atom is 0.263 e. The van der Waals surface area contributed by atoms with E-state index in [1.54, 1.807) is 6.20 Å². The van der Waals surface area contributed by atoms with Gasteiger partial charge in [-0.25, -0.2) is 4.98 Å². The number of hydrogen-bond donors (Lipinski definition) is 2. The Morgan fingerprint density at radius 2 is 2.21 bits per heavy atom. The van der Waals surface area contributed by atoms with Crippen molar-refractivity contribution in [2.75, 3.05) is 6.54 Å². The summed E-state index contributed by atoms with van der Waals surface area (Å²) in [5.41, 5.74) is 0. The van der Waals surface area contributed by atoms with Gasteiger partial charge in [0.1, 0.15) is 4.88 Å². The Labute approximate surface area is 118 Å². The van der Waals surface area contributed by atoms with Crippen LogP contribution in [-0.4, -0.2) is 28.6 Å². The molecule has 0 bridgehead atoms. The Hall–Kier alpha value is -0.940. The van der Waals surface area contributed by atoms with Crippen LogP contribution in [0.25, 0.3) is 0 Å². The molecular formula is C14H22N2O2S. The van der Waals surface area contributed by atoms with E-state index in [0.717, 1.165) is 17.8 Å². The molecule has 1 aliphatic rings. The fourth-order valence-corrected chi connectivity index (χ4v) is 3.29. The van der Waals surface area contributed by atoms with E-state index in [9.17, 15) is 9.90 Å². The molecule has 0 aliphatic heterocycles. The first-order chi connectivity index (χ1) is 9.08. The van der Waals surface area contributed by atoms with E-state index in [0.29, 0.717) is 23.3 Å². The second kappa shape index (κ2) is 6.48. The van der Waals surface area contributed by atoms with Crippen molar-refractivity contribution >= 4 is 17.2 Å². The molecule has 1 fully saturated rings. The van der Waals surface area contributed by atoms with Crippen LogP contribution >= 0.6 is 11.3 Å². The molecule has 1 aliphatic carbocycles. The quantitative estimate of drug-likeness (QED) is 0.872. The van der Waals surface area contributed by atoms with Crippen LogP contribution in [-0.2, 0) is 0 Å². The van der Waals surface area contributed by atoms with E-state index in [-0.39, 0.29) is 5.91 Å². The Kier molecular flexibility index (Phi) is 4.93. The summed E-state index contributed by atoms with van der Waals surface area (Å²) in [5, 5.41) is 13.8. The SMILES string of the molecule is CC(C)c1ncc(C(=O)NCC(O)C2CCCC2)s1. The molecule has 0 spiro atoms. The maximum absolute atomic E-state index is 11.9. The topological polar surface area (TPSA) is 62.2 Å². The molecule has 1 atom stereocenters. The number of nitrogens with zero attached hydrogens (tertiary/aromatic N) is 1. The number of aliphatic hydroxyl groups is 1. The summed E-state index contributed by atoms with van der Waals surface area (Å²) in [4.78, 5) is 16.8. The fourth-order valence-electron chi connectivity index (χ4n) is 2.45. The summed E-state index contributed by atoms with van der Waals surface area (Å²) in [6.45, 7) is 4.47. The van der Waals surface area contributed by atoms with Crippen molar-refractivity contribution in [1.82, 2.24) is 10.3 Å². The van der Waals surface area contributed by atoms with Crippen molar-refractivity contribution in [2.24, 2.45) is 5.92 Å². The second-order valence-electron chi connectivity index (χ2n) is 5.54. The number of carbonyl (C=O) groups is 1. The van der Waals surface area contributed by atoms with Crippen molar-refractivity contribution in [3.63, 3.8) is 0 Å². The Balaban J connectivity index is 1.83. The first-order valence-corrected chi connectivity index (χ1v) is 7.81. The molecular weight excluding hydrogens is 260 g/mol. The number of hydrogen-bond acceptors (Lipinski definition) is 4. The lowest BCUT2D eigenvalue weighted by molar-refractivity contribution is 0.0843. The third kappa shape index (κ3) is 3.76. The summed E-state index contributed by atoms with van der Waals surface area (Å²) < 4.78 is 0. The molecule has 1 aromatic heterocycles. The van der Waals surface area contributed by atoms with E-state index >= 15 is 0 Å². The molecule has 0 saturated heterocycles. The van der Waals surface area contributed by atoms with Gasteiger partial charge >= 0.3 is 0 Å². The van der Waals surface area contributed by atoms with Crippen molar-refractivity contribution < 1.29 is 9.90 Å². The third-order valence-electron chi connectivity index (χ3n) is 3.66. The van der Waals surface area contributed by atoms with Gasteiger partial charge < -0.3 is 10.4 Å². The van der Waals surface area contributed by atoms with Gasteiger partial charge in [0.25, 0.3) is 5.91 Å². The second-order valence-corrected chi connectivity index (χ2v) is 6.60. The smallest absolute Gasteiger partial charge is 0.263 e. The first kappa shape index (κ1) is 14.5. The molecule has 1 saturated carbocycles. The van der Waals surface area contributed by atoms with Crippen LogP contribution in [0.1, 0.15) is 60.1 Å². The molecule has 2 N–H and O–H groups in total. The zero-order valence-electron chi connectivity index (χ0n) is 11.6. The predicted molar refractivity (Wildman–Crippen MR) is 76.5 cm³/mol. The number of aromatic nitrogens is 1. The third-order valence-corrected chi connectivity index (χ3v) is 4.95. The lowest BCUT2D eigenvalue weighted by Crippen LogP contribution is -2.35. The summed E-state index contributed by atoms with van der Waals surface area (Å²) in [6.07, 6.45) is 5.76. The average Bonchev–Trinajstić information content (AvgIpc) is 3.05. The van der Waals surface area contributed by atoms with Crippen LogP contribution in [0.4, 0.5) is 0 Å². The van der Waals surface area contributed by atoms with Gasteiger partial charge in [-0.15, -0.1) is 11.3 Å². The predicted octanol–water partition coefficient (Wildman–Crippen LogP) is 2.55. The highest BCUT2D eigenvalue weighted by molar-refractivity contribution is 7.13. The largest absolute Gasteiger partial charge is 0.391 e. The number of rotatable bonds is 5. The highest BCUT2D eigenvalue weighted by Crippen LogP contribution is 2.27. The average molecular weight is 282 g/mol. The molecule has 0 radical (unpaired) electrons. The van der Waals surface area contributed by atoms with Crippen LogP contribution in [0.2, 0.25) is 0 Å². The summed E-state index contributed by atoms with van der Waals surface area (Å²) >= 11 is 1.43. The van der Waals surface area contributed by atoms with Crippen molar-refractivity contribution in [3.05, 3.63) is 16.1 Å². The molecule has 19 heavy (non-hydrogen) atoms. The molecule has 106 valence electrons. The van der Waals surface area contributed by atoms with Gasteiger partial charge in [0.05, 0.1) is 17.3 Å². The first-order valence-electron chi connectivity index (χ1n) is 7.00. The zero-order valence-corrected chi connectivity index (χ0v) is 12.4. The van der Waals surface area contributed by atoms with Gasteiger partial charge in [-0.3, -0.25) is 4.79 Å². The molecule has 4 nitrogen and oxygen atoms in total. The van der Waals surface area contributed by atoms with Crippen LogP contribution < -0.4 is 5.32 Å². The normalized spacial score (nSPS) is 17.9. The van der Waals surface area contributed by atoms with E-state index in [1.165, 1.54) is 24.2 Å². The van der Waals surface area contributed by atoms with Crippen molar-refractivity contribution in [3.8, 4) is 0 Å². The van der Waals surface area contributed by atoms with Crippen LogP contribution in [0.15, 0.2) is 6.20 Å². The zero-order chi connectivity index (χ0) is 13.8. The molecule has 0 aromatic carbocycles. The molecule has 2 rings (SSSR count). The molecule has 1 aromatic rings. The number of aliphatic hydroxyl groups excluding tert-OH is 1. The van der Waals surface area contributed by atoms with Gasteiger partial charge in [0.2, 0.25) is 0 Å². The minimum absolute atomic E-state index is 0.124. The number of carbonyl (C=O) groups excluding carboxylic acids is 1. The van der Waals surface area contributed by atoms with Gasteiger partial charge in [0, 0.05) is 12.5 Å². The summed E-state index contributed by atoms with van der Waals surface area (Å²) in [6, 6.07) is 0. The maximum atomic E-state index is 11.9. The standard InChI is InChI=1S/C14H22N2O2S/c1-9(2)14-16-8-12(19-14)13(18)15-7-11(17)10-5-3-4-6-10/h8-11,17H,3-7H2,1-2H3,(H,15,18). The molecule has 1 unspecified atom stereocenters. The molecule has 1 heterocycles. The highest BCUT2D eigenvalue weighted by Gasteiger charge is 2.23. The minimum Gasteiger partial charge on any atom is -0.391 e. The lowest BCUT2D eigenvalue weighted by Gasteiger charge is -2.17. The van der Waals surface area contributed by atoms with Crippen molar-refractivity contribution in [1.29, 1.82) is 0 Å². The number of amides is 1. The monoisotopic (exact) mass is 282 g/mol. The van der Waals surface area contributed by atoms with Gasteiger partial charge in [-0.1, -0.05) is 26.7 Å². The van der Waals surface area contributed by atoms with Crippen LogP contribution in [0.3, 0.4) is 0 Å². The summed E-state index contributed by atoms with van der Waals surface area (Å²) in [7, 11) is 0. The van der Waals surface area contributed by atoms with Crippen LogP contribution in [0.5, 0.6) is 0 Å². The number of thiazole rings is 1. The Morgan fingerprint density at radius 3 is 2.79 bits per heavy atom. The highest BCUT2D eigenvalue weighted by atomic mass is 32.1. The Morgan fingerprint density at radius 1 is 1.53 bits per heavy atom. The lowest BCUT2D eigenvalue weighted by atomic mass is 10.0. The van der Waals surface area contributed by atoms with Gasteiger partial charge in [-0.05, 0) is 18.8 Å². The van der Waals surface area contributed by atoms with Gasteiger partial charge in [-0.2, -0.15) is 0 Å². The van der Waals surface area contributed by atoms with Crippen LogP contribution in [0, 0.1) is 5.92 Å². The summed E-state index contributed by atoms with van der Waals surface area (Å²) in [5.74, 6) is 0.574. The number of nitrogens with one attached hydrogen (secondary N) is 1.